The monoisotopic (exact) mass is 269 g/mol. The number of nitrogens with zero attached hydrogens (tertiary/aromatic N) is 2. The van der Waals surface area contributed by atoms with E-state index in [0.717, 1.165) is 6.54 Å². The Kier molecular flexibility index (Phi) is 4.63. The van der Waals surface area contributed by atoms with Gasteiger partial charge in [-0.15, -0.1) is 0 Å². The van der Waals surface area contributed by atoms with Crippen molar-refractivity contribution in [1.29, 1.82) is 0 Å². The van der Waals surface area contributed by atoms with Crippen LogP contribution < -0.4 is 5.32 Å². The molecule has 19 heavy (non-hydrogen) atoms. The molecule has 6 heteroatoms. The molecule has 0 atom stereocenters. The van der Waals surface area contributed by atoms with Crippen molar-refractivity contribution in [1.82, 2.24) is 15.1 Å². The first kappa shape index (κ1) is 14.1. The van der Waals surface area contributed by atoms with Crippen LogP contribution in [0.3, 0.4) is 0 Å². The highest BCUT2D eigenvalue weighted by Gasteiger charge is 2.35. The number of hydrogen-bond donors (Lipinski definition) is 2. The number of carbonyl (C=O) groups excluding carboxylic acids is 1. The van der Waals surface area contributed by atoms with Crippen LogP contribution in [0.15, 0.2) is 0 Å². The van der Waals surface area contributed by atoms with Crippen LogP contribution in [-0.2, 0) is 4.79 Å². The SMILES string of the molecule is CN(CCNC(=O)N1CC(C(=O)O)C1)C1CCCC1. The van der Waals surface area contributed by atoms with Crippen molar-refractivity contribution in [2.75, 3.05) is 33.2 Å². The Hall–Kier alpha value is -1.30. The molecule has 0 bridgehead atoms. The molecular formula is C13H23N3O3. The maximum absolute atomic E-state index is 11.7. The molecule has 0 unspecified atom stereocenters. The number of urea groups is 1. The van der Waals surface area contributed by atoms with Crippen LogP contribution in [-0.4, -0.2) is 66.2 Å². The Labute approximate surface area is 113 Å². The lowest BCUT2D eigenvalue weighted by atomic mass is 10.0. The van der Waals surface area contributed by atoms with Crippen LogP contribution in [0.2, 0.25) is 0 Å². The quantitative estimate of drug-likeness (QED) is 0.766. The molecule has 2 aliphatic rings. The Morgan fingerprint density at radius 2 is 1.95 bits per heavy atom. The third kappa shape index (κ3) is 3.59. The number of carbonyl (C=O) groups is 2. The van der Waals surface area contributed by atoms with Gasteiger partial charge in [-0.2, -0.15) is 0 Å². The Balaban J connectivity index is 1.58. The smallest absolute Gasteiger partial charge is 0.317 e. The molecule has 2 fully saturated rings. The minimum absolute atomic E-state index is 0.141. The third-order valence-electron chi connectivity index (χ3n) is 4.21. The number of nitrogens with one attached hydrogen (secondary N) is 1. The summed E-state index contributed by atoms with van der Waals surface area (Å²) in [6, 6.07) is 0.523. The van der Waals surface area contributed by atoms with E-state index < -0.39 is 5.97 Å². The molecule has 0 aromatic rings. The summed E-state index contributed by atoms with van der Waals surface area (Å²) >= 11 is 0. The van der Waals surface area contributed by atoms with E-state index in [1.807, 2.05) is 0 Å². The lowest BCUT2D eigenvalue weighted by Crippen LogP contribution is -2.56. The number of aliphatic carboxylic acids is 1. The van der Waals surface area contributed by atoms with Crippen LogP contribution in [0.5, 0.6) is 0 Å². The number of carboxylic acid groups (broad SMARTS) is 1. The zero-order valence-electron chi connectivity index (χ0n) is 11.5. The van der Waals surface area contributed by atoms with Crippen molar-refractivity contribution >= 4 is 12.0 Å². The van der Waals surface area contributed by atoms with Crippen molar-refractivity contribution in [3.8, 4) is 0 Å². The molecule has 6 nitrogen and oxygen atoms in total. The Morgan fingerprint density at radius 1 is 1.32 bits per heavy atom. The van der Waals surface area contributed by atoms with E-state index >= 15 is 0 Å². The maximum Gasteiger partial charge on any atom is 0.317 e. The summed E-state index contributed by atoms with van der Waals surface area (Å²) in [7, 11) is 2.10. The van der Waals surface area contributed by atoms with Crippen molar-refractivity contribution in [3.05, 3.63) is 0 Å². The highest BCUT2D eigenvalue weighted by molar-refractivity contribution is 5.79. The standard InChI is InChI=1S/C13H23N3O3/c1-15(11-4-2-3-5-11)7-6-14-13(19)16-8-10(9-16)12(17)18/h10-11H,2-9H2,1H3,(H,14,19)(H,17,18). The average Bonchev–Trinajstić information content (AvgIpc) is 2.79. The first-order valence-corrected chi connectivity index (χ1v) is 7.03. The summed E-state index contributed by atoms with van der Waals surface area (Å²) in [5.41, 5.74) is 0. The van der Waals surface area contributed by atoms with Crippen LogP contribution in [0.4, 0.5) is 4.79 Å². The van der Waals surface area contributed by atoms with E-state index in [1.54, 1.807) is 4.90 Å². The summed E-state index contributed by atoms with van der Waals surface area (Å²) in [6.07, 6.45) is 5.14. The fourth-order valence-electron chi connectivity index (χ4n) is 2.78. The second-order valence-electron chi connectivity index (χ2n) is 5.59. The van der Waals surface area contributed by atoms with Gasteiger partial charge in [0.25, 0.3) is 0 Å². The number of carboxylic acids is 1. The van der Waals surface area contributed by atoms with E-state index in [0.29, 0.717) is 25.7 Å². The zero-order chi connectivity index (χ0) is 13.8. The first-order chi connectivity index (χ1) is 9.08. The number of likely N-dealkylation sites (N-methyl/N-ethyl adjacent to an activating group) is 1. The lowest BCUT2D eigenvalue weighted by molar-refractivity contribution is -0.146. The van der Waals surface area contributed by atoms with Gasteiger partial charge in [-0.25, -0.2) is 4.79 Å². The molecule has 1 saturated carbocycles. The van der Waals surface area contributed by atoms with Crippen molar-refractivity contribution in [3.63, 3.8) is 0 Å². The molecule has 2 amide bonds. The van der Waals surface area contributed by atoms with Gasteiger partial charge < -0.3 is 20.2 Å². The van der Waals surface area contributed by atoms with Crippen molar-refractivity contribution in [2.24, 2.45) is 5.92 Å². The largest absolute Gasteiger partial charge is 0.481 e. The molecule has 0 radical (unpaired) electrons. The average molecular weight is 269 g/mol. The second kappa shape index (κ2) is 6.23. The van der Waals surface area contributed by atoms with Crippen LogP contribution in [0, 0.1) is 5.92 Å². The van der Waals surface area contributed by atoms with E-state index in [1.165, 1.54) is 25.7 Å². The predicted molar refractivity (Wildman–Crippen MR) is 71.0 cm³/mol. The molecule has 1 aliphatic heterocycles. The van der Waals surface area contributed by atoms with Gasteiger partial charge in [-0.1, -0.05) is 12.8 Å². The number of hydrogen-bond acceptors (Lipinski definition) is 3. The summed E-state index contributed by atoms with van der Waals surface area (Å²) in [4.78, 5) is 26.2. The fraction of sp³-hybridized carbons (Fsp3) is 0.846. The molecule has 0 spiro atoms. The summed E-state index contributed by atoms with van der Waals surface area (Å²) in [5.74, 6) is -1.20. The predicted octanol–water partition coefficient (Wildman–Crippen LogP) is 0.587. The normalized spacial score (nSPS) is 20.6. The Morgan fingerprint density at radius 3 is 2.53 bits per heavy atom. The first-order valence-electron chi connectivity index (χ1n) is 7.03. The lowest BCUT2D eigenvalue weighted by Gasteiger charge is -2.36. The molecule has 0 aromatic heterocycles. The molecule has 1 saturated heterocycles. The minimum Gasteiger partial charge on any atom is -0.481 e. The highest BCUT2D eigenvalue weighted by Crippen LogP contribution is 2.21. The Bertz CT molecular complexity index is 336. The molecule has 108 valence electrons. The minimum atomic E-state index is -0.815. The van der Waals surface area contributed by atoms with E-state index in [2.05, 4.69) is 17.3 Å². The third-order valence-corrected chi connectivity index (χ3v) is 4.21. The van der Waals surface area contributed by atoms with E-state index in [9.17, 15) is 9.59 Å². The summed E-state index contributed by atoms with van der Waals surface area (Å²) in [6.45, 7) is 2.14. The van der Waals surface area contributed by atoms with Gasteiger partial charge in [0.1, 0.15) is 0 Å². The second-order valence-corrected chi connectivity index (χ2v) is 5.59. The van der Waals surface area contributed by atoms with Gasteiger partial charge in [0.05, 0.1) is 5.92 Å². The molecule has 0 aromatic carbocycles. The van der Waals surface area contributed by atoms with Gasteiger partial charge in [0, 0.05) is 32.2 Å². The maximum atomic E-state index is 11.7. The van der Waals surface area contributed by atoms with Gasteiger partial charge >= 0.3 is 12.0 Å². The van der Waals surface area contributed by atoms with Gasteiger partial charge in [0.15, 0.2) is 0 Å². The number of rotatable bonds is 5. The summed E-state index contributed by atoms with van der Waals surface area (Å²) in [5, 5.41) is 11.6. The summed E-state index contributed by atoms with van der Waals surface area (Å²) < 4.78 is 0. The fourth-order valence-corrected chi connectivity index (χ4v) is 2.78. The molecule has 1 heterocycles. The highest BCUT2D eigenvalue weighted by atomic mass is 16.4. The van der Waals surface area contributed by atoms with Gasteiger partial charge in [-0.3, -0.25) is 4.79 Å². The van der Waals surface area contributed by atoms with Crippen molar-refractivity contribution < 1.29 is 14.7 Å². The topological polar surface area (TPSA) is 72.9 Å². The zero-order valence-corrected chi connectivity index (χ0v) is 11.5. The number of amides is 2. The van der Waals surface area contributed by atoms with Crippen LogP contribution in [0.1, 0.15) is 25.7 Å². The van der Waals surface area contributed by atoms with Gasteiger partial charge in [0.2, 0.25) is 0 Å². The van der Waals surface area contributed by atoms with E-state index in [4.69, 9.17) is 5.11 Å². The number of likely N-dealkylation sites (tertiary alicyclic amines) is 1. The molecule has 2 rings (SSSR count). The molecular weight excluding hydrogens is 246 g/mol. The van der Waals surface area contributed by atoms with E-state index in [-0.39, 0.29) is 11.9 Å². The van der Waals surface area contributed by atoms with Gasteiger partial charge in [-0.05, 0) is 19.9 Å². The van der Waals surface area contributed by atoms with Crippen LogP contribution >= 0.6 is 0 Å². The molecule has 1 aliphatic carbocycles. The van der Waals surface area contributed by atoms with Crippen molar-refractivity contribution in [2.45, 2.75) is 31.7 Å². The molecule has 2 N–H and O–H groups in total. The van der Waals surface area contributed by atoms with Crippen LogP contribution in [0.25, 0.3) is 0 Å².